The van der Waals surface area contributed by atoms with E-state index in [2.05, 4.69) is 10.1 Å². The van der Waals surface area contributed by atoms with E-state index in [1.807, 2.05) is 0 Å². The second-order valence-electron chi connectivity index (χ2n) is 4.86. The molecule has 5 nitrogen and oxygen atoms in total. The average molecular weight is 332 g/mol. The Morgan fingerprint density at radius 3 is 2.13 bits per heavy atom. The predicted molar refractivity (Wildman–Crippen MR) is 78.7 cm³/mol. The molecule has 1 aromatic carbocycles. The van der Waals surface area contributed by atoms with Gasteiger partial charge in [0, 0.05) is 12.1 Å². The SMILES string of the molecule is CCOC(=O)C(NC(=O)CC)(Nc1ccc(C)cc1)C(F)(F)F. The van der Waals surface area contributed by atoms with E-state index in [0.717, 1.165) is 5.56 Å². The second-order valence-corrected chi connectivity index (χ2v) is 4.86. The van der Waals surface area contributed by atoms with Crippen molar-refractivity contribution in [2.75, 3.05) is 11.9 Å². The highest BCUT2D eigenvalue weighted by atomic mass is 19.4. The Labute approximate surface area is 132 Å². The molecule has 2 N–H and O–H groups in total. The number of anilines is 1. The molecule has 0 bridgehead atoms. The molecule has 0 saturated heterocycles. The van der Waals surface area contributed by atoms with Crippen LogP contribution in [-0.4, -0.2) is 30.3 Å². The third-order valence-electron chi connectivity index (χ3n) is 3.04. The number of carbonyl (C=O) groups excluding carboxylic acids is 2. The fourth-order valence-corrected chi connectivity index (χ4v) is 1.78. The Hall–Kier alpha value is -2.25. The van der Waals surface area contributed by atoms with Crippen LogP contribution < -0.4 is 10.6 Å². The molecule has 23 heavy (non-hydrogen) atoms. The molecule has 0 heterocycles. The van der Waals surface area contributed by atoms with Gasteiger partial charge in [-0.15, -0.1) is 0 Å². The summed E-state index contributed by atoms with van der Waals surface area (Å²) in [5, 5.41) is 3.80. The topological polar surface area (TPSA) is 67.4 Å². The van der Waals surface area contributed by atoms with Crippen molar-refractivity contribution in [3.05, 3.63) is 29.8 Å². The quantitative estimate of drug-likeness (QED) is 0.621. The Balaban J connectivity index is 3.32. The molecule has 1 amide bonds. The van der Waals surface area contributed by atoms with E-state index >= 15 is 0 Å². The molecule has 0 aliphatic rings. The monoisotopic (exact) mass is 332 g/mol. The first kappa shape index (κ1) is 18.8. The van der Waals surface area contributed by atoms with Crippen LogP contribution in [0.2, 0.25) is 0 Å². The van der Waals surface area contributed by atoms with E-state index in [0.29, 0.717) is 0 Å². The second kappa shape index (κ2) is 7.34. The highest BCUT2D eigenvalue weighted by Gasteiger charge is 2.63. The van der Waals surface area contributed by atoms with Crippen LogP contribution in [0.4, 0.5) is 18.9 Å². The fraction of sp³-hybridized carbons (Fsp3) is 0.467. The summed E-state index contributed by atoms with van der Waals surface area (Å²) in [6.07, 6.45) is -5.32. The van der Waals surface area contributed by atoms with Crippen molar-refractivity contribution in [3.63, 3.8) is 0 Å². The highest BCUT2D eigenvalue weighted by Crippen LogP contribution is 2.33. The molecule has 1 rings (SSSR count). The average Bonchev–Trinajstić information content (AvgIpc) is 2.47. The van der Waals surface area contributed by atoms with Gasteiger partial charge >= 0.3 is 17.8 Å². The minimum Gasteiger partial charge on any atom is -0.463 e. The molecule has 0 aromatic heterocycles. The minimum absolute atomic E-state index is 0.0254. The van der Waals surface area contributed by atoms with Crippen molar-refractivity contribution in [2.45, 2.75) is 39.0 Å². The molecule has 0 aliphatic carbocycles. The van der Waals surface area contributed by atoms with Gasteiger partial charge in [-0.05, 0) is 26.0 Å². The summed E-state index contributed by atoms with van der Waals surface area (Å²) in [5.41, 5.74) is -2.48. The summed E-state index contributed by atoms with van der Waals surface area (Å²) < 4.78 is 45.4. The number of carbonyl (C=O) groups is 2. The maximum absolute atomic E-state index is 13.6. The highest BCUT2D eigenvalue weighted by molar-refractivity contribution is 5.91. The number of esters is 1. The normalized spacial score (nSPS) is 13.8. The van der Waals surface area contributed by atoms with Crippen LogP contribution in [0.5, 0.6) is 0 Å². The molecule has 0 aliphatic heterocycles. The van der Waals surface area contributed by atoms with E-state index in [-0.39, 0.29) is 18.7 Å². The lowest BCUT2D eigenvalue weighted by molar-refractivity contribution is -0.207. The summed E-state index contributed by atoms with van der Waals surface area (Å²) in [6.45, 7) is 4.28. The molecule has 8 heteroatoms. The number of alkyl halides is 3. The van der Waals surface area contributed by atoms with Gasteiger partial charge in [-0.2, -0.15) is 13.2 Å². The first-order chi connectivity index (χ1) is 10.7. The Morgan fingerprint density at radius 2 is 1.70 bits per heavy atom. The zero-order valence-electron chi connectivity index (χ0n) is 13.1. The van der Waals surface area contributed by atoms with E-state index in [1.54, 1.807) is 24.4 Å². The molecular weight excluding hydrogens is 313 g/mol. The van der Waals surface area contributed by atoms with Gasteiger partial charge in [0.2, 0.25) is 5.91 Å². The van der Waals surface area contributed by atoms with Gasteiger partial charge in [-0.1, -0.05) is 24.6 Å². The first-order valence-corrected chi connectivity index (χ1v) is 7.06. The zero-order valence-corrected chi connectivity index (χ0v) is 13.1. The number of benzene rings is 1. The Kier molecular flexibility index (Phi) is 6.00. The summed E-state index contributed by atoms with van der Waals surface area (Å²) in [5.74, 6) is -2.55. The number of hydrogen-bond donors (Lipinski definition) is 2. The number of hydrogen-bond acceptors (Lipinski definition) is 4. The van der Waals surface area contributed by atoms with E-state index in [9.17, 15) is 22.8 Å². The van der Waals surface area contributed by atoms with Crippen molar-refractivity contribution in [2.24, 2.45) is 0 Å². The van der Waals surface area contributed by atoms with Gasteiger partial charge in [-0.3, -0.25) is 4.79 Å². The van der Waals surface area contributed by atoms with E-state index in [1.165, 1.54) is 26.0 Å². The minimum atomic E-state index is -5.10. The van der Waals surface area contributed by atoms with E-state index < -0.39 is 23.7 Å². The molecular formula is C15H19F3N2O3. The van der Waals surface area contributed by atoms with Crippen LogP contribution in [0.1, 0.15) is 25.8 Å². The smallest absolute Gasteiger partial charge is 0.441 e. The van der Waals surface area contributed by atoms with Gasteiger partial charge in [0.15, 0.2) is 0 Å². The maximum atomic E-state index is 13.6. The maximum Gasteiger partial charge on any atom is 0.441 e. The number of nitrogens with one attached hydrogen (secondary N) is 2. The lowest BCUT2D eigenvalue weighted by Gasteiger charge is -2.35. The number of rotatable bonds is 6. The Bertz CT molecular complexity index is 558. The van der Waals surface area contributed by atoms with Crippen molar-refractivity contribution >= 4 is 17.6 Å². The summed E-state index contributed by atoms with van der Waals surface area (Å²) in [6, 6.07) is 5.92. The van der Waals surface area contributed by atoms with Crippen molar-refractivity contribution in [1.82, 2.24) is 5.32 Å². The molecule has 1 unspecified atom stereocenters. The van der Waals surface area contributed by atoms with Crippen LogP contribution in [-0.2, 0) is 14.3 Å². The number of ether oxygens (including phenoxy) is 1. The molecule has 0 radical (unpaired) electrons. The van der Waals surface area contributed by atoms with Crippen molar-refractivity contribution in [3.8, 4) is 0 Å². The van der Waals surface area contributed by atoms with Crippen LogP contribution in [0.15, 0.2) is 24.3 Å². The van der Waals surface area contributed by atoms with Crippen LogP contribution >= 0.6 is 0 Å². The van der Waals surface area contributed by atoms with Crippen molar-refractivity contribution in [1.29, 1.82) is 0 Å². The largest absolute Gasteiger partial charge is 0.463 e. The third kappa shape index (κ3) is 4.37. The number of aryl methyl sites for hydroxylation is 1. The van der Waals surface area contributed by atoms with Crippen LogP contribution in [0.3, 0.4) is 0 Å². The first-order valence-electron chi connectivity index (χ1n) is 7.06. The summed E-state index contributed by atoms with van der Waals surface area (Å²) in [7, 11) is 0. The van der Waals surface area contributed by atoms with Gasteiger partial charge in [-0.25, -0.2) is 4.79 Å². The molecule has 128 valence electrons. The van der Waals surface area contributed by atoms with Gasteiger partial charge < -0.3 is 15.4 Å². The zero-order chi connectivity index (χ0) is 17.7. The number of amides is 1. The third-order valence-corrected chi connectivity index (χ3v) is 3.04. The Morgan fingerprint density at radius 1 is 1.13 bits per heavy atom. The summed E-state index contributed by atoms with van der Waals surface area (Å²) >= 11 is 0. The molecule has 1 aromatic rings. The van der Waals surface area contributed by atoms with Crippen molar-refractivity contribution < 1.29 is 27.5 Å². The lowest BCUT2D eigenvalue weighted by atomic mass is 10.1. The van der Waals surface area contributed by atoms with Gasteiger partial charge in [0.1, 0.15) is 0 Å². The van der Waals surface area contributed by atoms with Gasteiger partial charge in [0.25, 0.3) is 0 Å². The molecule has 0 fully saturated rings. The molecule has 0 saturated carbocycles. The van der Waals surface area contributed by atoms with E-state index in [4.69, 9.17) is 0 Å². The summed E-state index contributed by atoms with van der Waals surface area (Å²) in [4.78, 5) is 23.6. The molecule has 1 atom stereocenters. The van der Waals surface area contributed by atoms with Crippen LogP contribution in [0.25, 0.3) is 0 Å². The number of halogens is 3. The molecule has 0 spiro atoms. The van der Waals surface area contributed by atoms with Gasteiger partial charge in [0.05, 0.1) is 6.61 Å². The fourth-order valence-electron chi connectivity index (χ4n) is 1.78. The lowest BCUT2D eigenvalue weighted by Crippen LogP contribution is -2.69. The standard InChI is InChI=1S/C15H19F3N2O3/c1-4-12(21)20-14(15(16,17)18,13(22)23-5-2)19-11-8-6-10(3)7-9-11/h6-9,19H,4-5H2,1-3H3,(H,20,21). The predicted octanol–water partition coefficient (Wildman–Crippen LogP) is 2.75. The van der Waals surface area contributed by atoms with Crippen LogP contribution in [0, 0.1) is 6.92 Å².